The molecule has 4 heteroatoms. The lowest BCUT2D eigenvalue weighted by atomic mass is 10.0. The molecule has 1 aliphatic heterocycles. The van der Waals surface area contributed by atoms with E-state index in [9.17, 15) is 9.18 Å². The molecule has 0 bridgehead atoms. The second-order valence-corrected chi connectivity index (χ2v) is 5.86. The van der Waals surface area contributed by atoms with E-state index in [4.69, 9.17) is 0 Å². The lowest BCUT2D eigenvalue weighted by Gasteiger charge is -2.35. The van der Waals surface area contributed by atoms with Crippen LogP contribution in [0.25, 0.3) is 6.08 Å². The molecule has 0 unspecified atom stereocenters. The van der Waals surface area contributed by atoms with Crippen LogP contribution in [0.4, 0.5) is 4.39 Å². The fourth-order valence-corrected chi connectivity index (χ4v) is 2.91. The molecule has 0 spiro atoms. The zero-order valence-corrected chi connectivity index (χ0v) is 13.4. The summed E-state index contributed by atoms with van der Waals surface area (Å²) in [6.07, 6.45) is 4.82. The third kappa shape index (κ3) is 4.41. The lowest BCUT2D eigenvalue weighted by Crippen LogP contribution is -2.46. The predicted molar refractivity (Wildman–Crippen MR) is 87.9 cm³/mol. The molecule has 1 amide bonds. The second-order valence-electron chi connectivity index (χ2n) is 5.86. The Balaban J connectivity index is 2.12. The summed E-state index contributed by atoms with van der Waals surface area (Å²) in [4.78, 5) is 14.8. The van der Waals surface area contributed by atoms with Crippen molar-refractivity contribution in [2.45, 2.75) is 39.2 Å². The molecule has 120 valence electrons. The maximum absolute atomic E-state index is 13.0. The summed E-state index contributed by atoms with van der Waals surface area (Å²) in [6.45, 7) is 6.67. The number of carbonyl (C=O) groups is 1. The van der Waals surface area contributed by atoms with Crippen LogP contribution in [0.3, 0.4) is 0 Å². The van der Waals surface area contributed by atoms with Gasteiger partial charge in [-0.05, 0) is 63.0 Å². The molecule has 1 heterocycles. The average Bonchev–Trinajstić information content (AvgIpc) is 2.55. The second kappa shape index (κ2) is 8.08. The Labute approximate surface area is 132 Å². The Morgan fingerprint density at radius 1 is 1.32 bits per heavy atom. The average molecular weight is 304 g/mol. The minimum Gasteiger partial charge on any atom is -0.336 e. The third-order valence-corrected chi connectivity index (χ3v) is 4.07. The van der Waals surface area contributed by atoms with E-state index in [-0.39, 0.29) is 11.7 Å². The first-order valence-corrected chi connectivity index (χ1v) is 8.07. The van der Waals surface area contributed by atoms with E-state index >= 15 is 0 Å². The molecule has 0 aliphatic carbocycles. The van der Waals surface area contributed by atoms with Gasteiger partial charge in [-0.2, -0.15) is 0 Å². The van der Waals surface area contributed by atoms with E-state index in [0.29, 0.717) is 11.6 Å². The van der Waals surface area contributed by atoms with Crippen LogP contribution in [-0.2, 0) is 4.79 Å². The monoisotopic (exact) mass is 304 g/mol. The van der Waals surface area contributed by atoms with E-state index in [2.05, 4.69) is 12.2 Å². The van der Waals surface area contributed by atoms with Gasteiger partial charge in [0.2, 0.25) is 5.91 Å². The van der Waals surface area contributed by atoms with Crippen molar-refractivity contribution in [3.63, 3.8) is 0 Å². The minimum absolute atomic E-state index is 0.0954. The van der Waals surface area contributed by atoms with Gasteiger partial charge in [0.05, 0.1) is 0 Å². The number of carbonyl (C=O) groups excluding carboxylic acids is 1. The summed E-state index contributed by atoms with van der Waals surface area (Å²) in [5.41, 5.74) is 1.56. The molecule has 1 saturated heterocycles. The summed E-state index contributed by atoms with van der Waals surface area (Å²) in [6, 6.07) is 6.55. The molecule has 1 fully saturated rings. The SMILES string of the molecule is CCCN(C(=O)/C(C)=C/c1ccc(F)cc1)C1CCNCC1. The lowest BCUT2D eigenvalue weighted by molar-refractivity contribution is -0.129. The summed E-state index contributed by atoms with van der Waals surface area (Å²) in [5, 5.41) is 3.34. The molecule has 3 nitrogen and oxygen atoms in total. The molecule has 22 heavy (non-hydrogen) atoms. The molecular formula is C18H25FN2O. The Morgan fingerprint density at radius 3 is 2.55 bits per heavy atom. The molecule has 2 rings (SSSR count). The number of piperidine rings is 1. The van der Waals surface area contributed by atoms with Crippen molar-refractivity contribution >= 4 is 12.0 Å². The van der Waals surface area contributed by atoms with Gasteiger partial charge in [-0.25, -0.2) is 4.39 Å². The molecule has 0 atom stereocenters. The van der Waals surface area contributed by atoms with Crippen LogP contribution >= 0.6 is 0 Å². The summed E-state index contributed by atoms with van der Waals surface area (Å²) < 4.78 is 13.0. The molecule has 0 saturated carbocycles. The molecule has 1 aliphatic rings. The van der Waals surface area contributed by atoms with E-state index in [1.54, 1.807) is 12.1 Å². The van der Waals surface area contributed by atoms with Crippen molar-refractivity contribution in [3.8, 4) is 0 Å². The quantitative estimate of drug-likeness (QED) is 0.847. The number of amides is 1. The van der Waals surface area contributed by atoms with Crippen molar-refractivity contribution < 1.29 is 9.18 Å². The van der Waals surface area contributed by atoms with Crippen LogP contribution in [0.2, 0.25) is 0 Å². The Hall–Kier alpha value is -1.68. The normalized spacial score (nSPS) is 16.6. The van der Waals surface area contributed by atoms with Crippen LogP contribution in [-0.4, -0.2) is 36.5 Å². The number of rotatable bonds is 5. The number of benzene rings is 1. The van der Waals surface area contributed by atoms with Gasteiger partial charge >= 0.3 is 0 Å². The van der Waals surface area contributed by atoms with E-state index in [1.165, 1.54) is 12.1 Å². The fraction of sp³-hybridized carbons (Fsp3) is 0.500. The Morgan fingerprint density at radius 2 is 1.95 bits per heavy atom. The van der Waals surface area contributed by atoms with Gasteiger partial charge < -0.3 is 10.2 Å². The fourth-order valence-electron chi connectivity index (χ4n) is 2.91. The highest BCUT2D eigenvalue weighted by atomic mass is 19.1. The smallest absolute Gasteiger partial charge is 0.249 e. The summed E-state index contributed by atoms with van der Waals surface area (Å²) in [7, 11) is 0. The molecule has 0 radical (unpaired) electrons. The minimum atomic E-state index is -0.261. The first kappa shape index (κ1) is 16.7. The van der Waals surface area contributed by atoms with Crippen LogP contribution in [0.1, 0.15) is 38.7 Å². The number of hydrogen-bond acceptors (Lipinski definition) is 2. The first-order valence-electron chi connectivity index (χ1n) is 8.07. The molecule has 1 N–H and O–H groups in total. The molecule has 1 aromatic carbocycles. The van der Waals surface area contributed by atoms with Crippen molar-refractivity contribution in [3.05, 3.63) is 41.2 Å². The first-order chi connectivity index (χ1) is 10.6. The standard InChI is InChI=1S/C18H25FN2O/c1-3-12-21(17-8-10-20-11-9-17)18(22)14(2)13-15-4-6-16(19)7-5-15/h4-7,13,17,20H,3,8-12H2,1-2H3/b14-13+. The van der Waals surface area contributed by atoms with Crippen LogP contribution in [0.5, 0.6) is 0 Å². The van der Waals surface area contributed by atoms with Crippen LogP contribution in [0, 0.1) is 5.82 Å². The maximum atomic E-state index is 13.0. The van der Waals surface area contributed by atoms with Gasteiger partial charge in [-0.15, -0.1) is 0 Å². The van der Waals surface area contributed by atoms with Gasteiger partial charge in [0.15, 0.2) is 0 Å². The van der Waals surface area contributed by atoms with Crippen molar-refractivity contribution in [1.29, 1.82) is 0 Å². The highest BCUT2D eigenvalue weighted by molar-refractivity contribution is 5.97. The van der Waals surface area contributed by atoms with Gasteiger partial charge in [0.25, 0.3) is 0 Å². The summed E-state index contributed by atoms with van der Waals surface area (Å²) >= 11 is 0. The zero-order valence-electron chi connectivity index (χ0n) is 13.4. The number of hydrogen-bond donors (Lipinski definition) is 1. The zero-order chi connectivity index (χ0) is 15.9. The van der Waals surface area contributed by atoms with Gasteiger partial charge in [0.1, 0.15) is 5.82 Å². The Kier molecular flexibility index (Phi) is 6.13. The number of nitrogens with one attached hydrogen (secondary N) is 1. The highest BCUT2D eigenvalue weighted by Crippen LogP contribution is 2.17. The van der Waals surface area contributed by atoms with E-state index in [1.807, 2.05) is 17.9 Å². The Bertz CT molecular complexity index is 518. The van der Waals surface area contributed by atoms with Gasteiger partial charge in [-0.3, -0.25) is 4.79 Å². The maximum Gasteiger partial charge on any atom is 0.249 e. The third-order valence-electron chi connectivity index (χ3n) is 4.07. The molecule has 1 aromatic rings. The van der Waals surface area contributed by atoms with Crippen molar-refractivity contribution in [2.75, 3.05) is 19.6 Å². The van der Waals surface area contributed by atoms with E-state index < -0.39 is 0 Å². The van der Waals surface area contributed by atoms with Gasteiger partial charge in [-0.1, -0.05) is 19.1 Å². The largest absolute Gasteiger partial charge is 0.336 e. The van der Waals surface area contributed by atoms with Gasteiger partial charge in [0, 0.05) is 18.2 Å². The van der Waals surface area contributed by atoms with Crippen LogP contribution < -0.4 is 5.32 Å². The molecule has 0 aromatic heterocycles. The van der Waals surface area contributed by atoms with Crippen molar-refractivity contribution in [1.82, 2.24) is 10.2 Å². The number of halogens is 1. The predicted octanol–water partition coefficient (Wildman–Crippen LogP) is 3.22. The van der Waals surface area contributed by atoms with Crippen molar-refractivity contribution in [2.24, 2.45) is 0 Å². The number of nitrogens with zero attached hydrogens (tertiary/aromatic N) is 1. The highest BCUT2D eigenvalue weighted by Gasteiger charge is 2.25. The van der Waals surface area contributed by atoms with Crippen LogP contribution in [0.15, 0.2) is 29.8 Å². The topological polar surface area (TPSA) is 32.3 Å². The van der Waals surface area contributed by atoms with E-state index in [0.717, 1.165) is 44.5 Å². The molecular weight excluding hydrogens is 279 g/mol. The summed E-state index contributed by atoms with van der Waals surface area (Å²) in [5.74, 6) is -0.165.